The van der Waals surface area contributed by atoms with Crippen molar-refractivity contribution in [1.82, 2.24) is 4.98 Å². The molecule has 0 radical (unpaired) electrons. The number of aryl methyl sites for hydroxylation is 1. The van der Waals surface area contributed by atoms with E-state index in [4.69, 9.17) is 20.4 Å². The van der Waals surface area contributed by atoms with Gasteiger partial charge in [-0.1, -0.05) is 29.8 Å². The molecule has 0 fully saturated rings. The number of hydrogen-bond donors (Lipinski definition) is 1. The van der Waals surface area contributed by atoms with E-state index >= 15 is 0 Å². The summed E-state index contributed by atoms with van der Waals surface area (Å²) in [5.74, 6) is 0.326. The summed E-state index contributed by atoms with van der Waals surface area (Å²) in [4.78, 5) is 27.7. The first-order valence-corrected chi connectivity index (χ1v) is 10.6. The maximum Gasteiger partial charge on any atom is 0.291 e. The summed E-state index contributed by atoms with van der Waals surface area (Å²) >= 11 is 6.33. The van der Waals surface area contributed by atoms with Crippen LogP contribution in [0.15, 0.2) is 81.6 Å². The monoisotopic (exact) mass is 473 g/mol. The van der Waals surface area contributed by atoms with Crippen LogP contribution in [0, 0.1) is 17.0 Å². The Morgan fingerprint density at radius 3 is 2.68 bits per heavy atom. The van der Waals surface area contributed by atoms with Crippen LogP contribution in [0.2, 0.25) is 5.02 Å². The lowest BCUT2D eigenvalue weighted by Gasteiger charge is -2.02. The Morgan fingerprint density at radius 2 is 1.88 bits per heavy atom. The van der Waals surface area contributed by atoms with Crippen molar-refractivity contribution in [1.29, 1.82) is 0 Å². The van der Waals surface area contributed by atoms with Gasteiger partial charge < -0.3 is 14.2 Å². The number of nitrogens with zero attached hydrogens (tertiary/aromatic N) is 2. The van der Waals surface area contributed by atoms with Crippen LogP contribution in [-0.2, 0) is 0 Å². The Morgan fingerprint density at radius 1 is 1.03 bits per heavy atom. The Hall–Kier alpha value is -4.43. The highest BCUT2D eigenvalue weighted by molar-refractivity contribution is 6.33. The molecule has 5 aromatic rings. The fraction of sp³-hybridized carbons (Fsp3) is 0.0400. The summed E-state index contributed by atoms with van der Waals surface area (Å²) < 4.78 is 11.5. The maximum atomic E-state index is 12.7. The summed E-state index contributed by atoms with van der Waals surface area (Å²) in [5, 5.41) is 14.3. The molecule has 2 aromatic heterocycles. The van der Waals surface area contributed by atoms with Gasteiger partial charge in [-0.05, 0) is 55.0 Å². The van der Waals surface area contributed by atoms with E-state index in [9.17, 15) is 14.9 Å². The number of amides is 1. The average molecular weight is 474 g/mol. The number of benzene rings is 3. The molecular weight excluding hydrogens is 458 g/mol. The van der Waals surface area contributed by atoms with Crippen molar-refractivity contribution in [3.8, 4) is 22.8 Å². The number of rotatable bonds is 5. The minimum absolute atomic E-state index is 0.0629. The van der Waals surface area contributed by atoms with Crippen LogP contribution in [0.25, 0.3) is 33.9 Å². The molecular formula is C25H16ClN3O5. The molecule has 0 atom stereocenters. The number of hydrogen-bond acceptors (Lipinski definition) is 6. The highest BCUT2D eigenvalue weighted by atomic mass is 35.5. The number of nitro benzene ring substituents is 1. The molecule has 34 heavy (non-hydrogen) atoms. The SMILES string of the molecule is Cc1ccc(-c2nc3cc(NC(=O)c4ccc(-c5cccc([N+](=O)[O-])c5)o4)ccc3o2)c(Cl)c1. The molecule has 168 valence electrons. The first-order chi connectivity index (χ1) is 16.4. The van der Waals surface area contributed by atoms with Crippen LogP contribution in [0.4, 0.5) is 11.4 Å². The Labute approximate surface area is 197 Å². The third kappa shape index (κ3) is 4.14. The third-order valence-electron chi connectivity index (χ3n) is 5.17. The summed E-state index contributed by atoms with van der Waals surface area (Å²) in [6.07, 6.45) is 0. The first-order valence-electron chi connectivity index (χ1n) is 10.2. The molecule has 1 amide bonds. The second-order valence-electron chi connectivity index (χ2n) is 7.61. The second kappa shape index (κ2) is 8.49. The lowest BCUT2D eigenvalue weighted by Crippen LogP contribution is -2.10. The van der Waals surface area contributed by atoms with E-state index < -0.39 is 10.8 Å². The zero-order chi connectivity index (χ0) is 23.8. The van der Waals surface area contributed by atoms with Crippen LogP contribution in [0.5, 0.6) is 0 Å². The van der Waals surface area contributed by atoms with Crippen molar-refractivity contribution in [3.05, 3.63) is 99.3 Å². The minimum atomic E-state index is -0.488. The Kier molecular flexibility index (Phi) is 5.35. The maximum absolute atomic E-state index is 12.7. The van der Waals surface area contributed by atoms with Gasteiger partial charge in [0.25, 0.3) is 11.6 Å². The molecule has 0 unspecified atom stereocenters. The highest BCUT2D eigenvalue weighted by Crippen LogP contribution is 2.32. The molecule has 0 bridgehead atoms. The first kappa shape index (κ1) is 21.4. The summed E-state index contributed by atoms with van der Waals surface area (Å²) in [7, 11) is 0. The molecule has 0 saturated heterocycles. The van der Waals surface area contributed by atoms with Crippen molar-refractivity contribution in [2.45, 2.75) is 6.92 Å². The number of carbonyl (C=O) groups is 1. The van der Waals surface area contributed by atoms with E-state index in [1.54, 1.807) is 36.4 Å². The van der Waals surface area contributed by atoms with Crippen LogP contribution in [-0.4, -0.2) is 15.8 Å². The standard InChI is InChI=1S/C25H16ClN3O5/c1-14-5-7-18(19(26)11-14)25-28-20-13-16(6-8-22(20)34-25)27-24(30)23-10-9-21(33-23)15-3-2-4-17(12-15)29(31)32/h2-13H,1H3,(H,27,30). The largest absolute Gasteiger partial charge is 0.451 e. The number of oxazole rings is 1. The van der Waals surface area contributed by atoms with Gasteiger partial charge in [0.2, 0.25) is 5.89 Å². The van der Waals surface area contributed by atoms with Crippen LogP contribution in [0.3, 0.4) is 0 Å². The Bertz CT molecular complexity index is 1570. The molecule has 0 spiro atoms. The molecule has 0 aliphatic heterocycles. The third-order valence-corrected chi connectivity index (χ3v) is 5.48. The van der Waals surface area contributed by atoms with E-state index in [0.717, 1.165) is 5.56 Å². The van der Waals surface area contributed by atoms with Crippen molar-refractivity contribution in [2.75, 3.05) is 5.32 Å². The normalized spacial score (nSPS) is 11.0. The molecule has 9 heteroatoms. The number of carbonyl (C=O) groups excluding carboxylic acids is 1. The fourth-order valence-electron chi connectivity index (χ4n) is 3.49. The van der Waals surface area contributed by atoms with Gasteiger partial charge in [-0.25, -0.2) is 4.98 Å². The van der Waals surface area contributed by atoms with Crippen molar-refractivity contribution in [3.63, 3.8) is 0 Å². The lowest BCUT2D eigenvalue weighted by atomic mass is 10.1. The fourth-order valence-corrected chi connectivity index (χ4v) is 3.81. The summed E-state index contributed by atoms with van der Waals surface area (Å²) in [6.45, 7) is 1.95. The number of furan rings is 1. The van der Waals surface area contributed by atoms with E-state index in [0.29, 0.717) is 44.6 Å². The number of nitro groups is 1. The average Bonchev–Trinajstić information content (AvgIpc) is 3.46. The summed E-state index contributed by atoms with van der Waals surface area (Å²) in [6, 6.07) is 19.8. The number of non-ortho nitro benzene ring substituents is 1. The van der Waals surface area contributed by atoms with E-state index in [-0.39, 0.29) is 11.4 Å². The molecule has 1 N–H and O–H groups in total. The molecule has 3 aromatic carbocycles. The smallest absolute Gasteiger partial charge is 0.291 e. The molecule has 0 saturated carbocycles. The quantitative estimate of drug-likeness (QED) is 0.220. The van der Waals surface area contributed by atoms with Gasteiger partial charge in [0.1, 0.15) is 11.3 Å². The lowest BCUT2D eigenvalue weighted by molar-refractivity contribution is -0.384. The zero-order valence-corrected chi connectivity index (χ0v) is 18.5. The predicted octanol–water partition coefficient (Wildman–Crippen LogP) is 6.88. The molecule has 8 nitrogen and oxygen atoms in total. The second-order valence-corrected chi connectivity index (χ2v) is 8.02. The topological polar surface area (TPSA) is 111 Å². The van der Waals surface area contributed by atoms with E-state index in [2.05, 4.69) is 10.3 Å². The number of halogens is 1. The van der Waals surface area contributed by atoms with Gasteiger partial charge in [0.05, 0.1) is 15.5 Å². The number of aromatic nitrogens is 1. The molecule has 5 rings (SSSR count). The van der Waals surface area contributed by atoms with E-state index in [1.165, 1.54) is 18.2 Å². The van der Waals surface area contributed by atoms with Gasteiger partial charge in [-0.2, -0.15) is 0 Å². The van der Waals surface area contributed by atoms with Crippen LogP contribution >= 0.6 is 11.6 Å². The minimum Gasteiger partial charge on any atom is -0.451 e. The van der Waals surface area contributed by atoms with Crippen molar-refractivity contribution in [2.24, 2.45) is 0 Å². The Balaban J connectivity index is 1.37. The highest BCUT2D eigenvalue weighted by Gasteiger charge is 2.16. The summed E-state index contributed by atoms with van der Waals surface area (Å²) in [5.41, 5.74) is 3.75. The van der Waals surface area contributed by atoms with Crippen LogP contribution in [0.1, 0.15) is 16.1 Å². The van der Waals surface area contributed by atoms with Gasteiger partial charge in [-0.15, -0.1) is 0 Å². The van der Waals surface area contributed by atoms with Crippen LogP contribution < -0.4 is 5.32 Å². The number of nitrogens with one attached hydrogen (secondary N) is 1. The van der Waals surface area contributed by atoms with Gasteiger partial charge in [0.15, 0.2) is 11.3 Å². The van der Waals surface area contributed by atoms with Gasteiger partial charge in [-0.3, -0.25) is 14.9 Å². The predicted molar refractivity (Wildman–Crippen MR) is 128 cm³/mol. The molecule has 0 aliphatic rings. The van der Waals surface area contributed by atoms with Crippen molar-refractivity contribution < 1.29 is 18.6 Å². The number of anilines is 1. The molecule has 2 heterocycles. The number of fused-ring (bicyclic) bond motifs is 1. The van der Waals surface area contributed by atoms with Gasteiger partial charge in [0, 0.05) is 23.4 Å². The molecule has 0 aliphatic carbocycles. The zero-order valence-electron chi connectivity index (χ0n) is 17.7. The van der Waals surface area contributed by atoms with Crippen molar-refractivity contribution >= 4 is 40.0 Å². The van der Waals surface area contributed by atoms with Gasteiger partial charge >= 0.3 is 0 Å². The van der Waals surface area contributed by atoms with E-state index in [1.807, 2.05) is 25.1 Å².